The number of carboxylic acids is 1. The highest BCUT2D eigenvalue weighted by Gasteiger charge is 2.25. The molecule has 0 aromatic heterocycles. The number of rotatable bonds is 7. The van der Waals surface area contributed by atoms with E-state index in [-0.39, 0.29) is 35.8 Å². The Labute approximate surface area is 117 Å². The van der Waals surface area contributed by atoms with Gasteiger partial charge in [-0.25, -0.2) is 13.2 Å². The van der Waals surface area contributed by atoms with Crippen molar-refractivity contribution >= 4 is 21.7 Å². The normalized spacial score (nSPS) is 11.8. The number of carbonyl (C=O) groups is 1. The molecular weight excluding hydrogens is 284 g/mol. The monoisotopic (exact) mass is 302 g/mol. The number of aliphatic hydroxyl groups excluding tert-OH is 1. The number of hydrogen-bond acceptors (Lipinski definition) is 5. The van der Waals surface area contributed by atoms with Gasteiger partial charge >= 0.3 is 5.97 Å². The van der Waals surface area contributed by atoms with E-state index in [1.807, 2.05) is 0 Å². The minimum absolute atomic E-state index is 0.0696. The molecule has 0 heterocycles. The molecule has 0 saturated carbocycles. The average molecular weight is 302 g/mol. The number of aliphatic hydroxyl groups is 1. The summed E-state index contributed by atoms with van der Waals surface area (Å²) in [4.78, 5) is 10.7. The second-order valence-corrected chi connectivity index (χ2v) is 6.04. The number of aromatic carboxylic acids is 1. The van der Waals surface area contributed by atoms with Crippen LogP contribution in [0.2, 0.25) is 0 Å². The van der Waals surface area contributed by atoms with Gasteiger partial charge in [0.15, 0.2) is 0 Å². The predicted octanol–water partition coefficient (Wildman–Crippen LogP) is 0.360. The zero-order valence-corrected chi connectivity index (χ0v) is 11.9. The SMILES string of the molecule is CCN(CCCO)S(=O)(=O)c1ccc(C(=O)O)cc1N. The molecule has 0 radical (unpaired) electrons. The van der Waals surface area contributed by atoms with E-state index in [1.54, 1.807) is 6.92 Å². The molecule has 0 amide bonds. The van der Waals surface area contributed by atoms with Crippen LogP contribution in [0.5, 0.6) is 0 Å². The fourth-order valence-electron chi connectivity index (χ4n) is 1.75. The van der Waals surface area contributed by atoms with Crippen molar-refractivity contribution in [2.45, 2.75) is 18.2 Å². The number of carboxylic acid groups (broad SMARTS) is 1. The molecule has 0 aliphatic heterocycles. The van der Waals surface area contributed by atoms with Gasteiger partial charge in [-0.3, -0.25) is 0 Å². The summed E-state index contributed by atoms with van der Waals surface area (Å²) in [7, 11) is -3.79. The Bertz CT molecular complexity index is 586. The molecule has 112 valence electrons. The van der Waals surface area contributed by atoms with Crippen molar-refractivity contribution in [1.29, 1.82) is 0 Å². The molecule has 1 rings (SSSR count). The second-order valence-electron chi connectivity index (χ2n) is 4.13. The minimum Gasteiger partial charge on any atom is -0.478 e. The van der Waals surface area contributed by atoms with Gasteiger partial charge in [-0.15, -0.1) is 0 Å². The van der Waals surface area contributed by atoms with Crippen LogP contribution < -0.4 is 5.73 Å². The lowest BCUT2D eigenvalue weighted by Crippen LogP contribution is -2.32. The van der Waals surface area contributed by atoms with Crippen molar-refractivity contribution in [2.24, 2.45) is 0 Å². The molecule has 0 unspecified atom stereocenters. The third-order valence-corrected chi connectivity index (χ3v) is 4.84. The van der Waals surface area contributed by atoms with Crippen LogP contribution in [-0.2, 0) is 10.0 Å². The van der Waals surface area contributed by atoms with E-state index in [4.69, 9.17) is 15.9 Å². The zero-order chi connectivity index (χ0) is 15.3. The molecule has 20 heavy (non-hydrogen) atoms. The highest BCUT2D eigenvalue weighted by atomic mass is 32.2. The van der Waals surface area contributed by atoms with Crippen molar-refractivity contribution in [1.82, 2.24) is 4.31 Å². The molecule has 1 aromatic rings. The fraction of sp³-hybridized carbons (Fsp3) is 0.417. The van der Waals surface area contributed by atoms with Crippen LogP contribution in [0.3, 0.4) is 0 Å². The molecule has 0 saturated heterocycles. The maximum absolute atomic E-state index is 12.4. The third-order valence-electron chi connectivity index (χ3n) is 2.79. The Hall–Kier alpha value is -1.64. The Kier molecular flexibility index (Phi) is 5.49. The van der Waals surface area contributed by atoms with Crippen molar-refractivity contribution in [3.63, 3.8) is 0 Å². The molecule has 1 aromatic carbocycles. The molecule has 0 bridgehead atoms. The van der Waals surface area contributed by atoms with E-state index >= 15 is 0 Å². The molecule has 4 N–H and O–H groups in total. The summed E-state index contributed by atoms with van der Waals surface area (Å²) in [5.74, 6) is -1.17. The van der Waals surface area contributed by atoms with Gasteiger partial charge in [-0.1, -0.05) is 6.92 Å². The first-order valence-corrected chi connectivity index (χ1v) is 7.52. The zero-order valence-electron chi connectivity index (χ0n) is 11.1. The number of hydrogen-bond donors (Lipinski definition) is 3. The van der Waals surface area contributed by atoms with E-state index < -0.39 is 16.0 Å². The Balaban J connectivity index is 3.17. The van der Waals surface area contributed by atoms with E-state index in [9.17, 15) is 13.2 Å². The second kappa shape index (κ2) is 6.69. The van der Waals surface area contributed by atoms with Crippen LogP contribution in [0.25, 0.3) is 0 Å². The molecule has 8 heteroatoms. The number of nitrogens with two attached hydrogens (primary N) is 1. The Morgan fingerprint density at radius 3 is 2.50 bits per heavy atom. The largest absolute Gasteiger partial charge is 0.478 e. The number of nitrogens with zero attached hydrogens (tertiary/aromatic N) is 1. The van der Waals surface area contributed by atoms with Crippen molar-refractivity contribution in [3.05, 3.63) is 23.8 Å². The highest BCUT2D eigenvalue weighted by molar-refractivity contribution is 7.89. The molecule has 0 spiro atoms. The summed E-state index contributed by atoms with van der Waals surface area (Å²) in [6.07, 6.45) is 0.320. The summed E-state index contributed by atoms with van der Waals surface area (Å²) in [6, 6.07) is 3.51. The van der Waals surface area contributed by atoms with Crippen molar-refractivity contribution in [3.8, 4) is 0 Å². The third kappa shape index (κ3) is 3.47. The van der Waals surface area contributed by atoms with Crippen LogP contribution in [0.15, 0.2) is 23.1 Å². The maximum atomic E-state index is 12.4. The Morgan fingerprint density at radius 1 is 1.40 bits per heavy atom. The van der Waals surface area contributed by atoms with Gasteiger partial charge in [-0.2, -0.15) is 4.31 Å². The van der Waals surface area contributed by atoms with E-state index in [1.165, 1.54) is 16.4 Å². The minimum atomic E-state index is -3.79. The van der Waals surface area contributed by atoms with Gasteiger partial charge in [-0.05, 0) is 24.6 Å². The first kappa shape index (κ1) is 16.4. The van der Waals surface area contributed by atoms with Crippen molar-refractivity contribution < 1.29 is 23.4 Å². The van der Waals surface area contributed by atoms with Gasteiger partial charge < -0.3 is 15.9 Å². The first-order valence-electron chi connectivity index (χ1n) is 6.08. The fourth-order valence-corrected chi connectivity index (χ4v) is 3.34. The van der Waals surface area contributed by atoms with Crippen LogP contribution in [0.4, 0.5) is 5.69 Å². The van der Waals surface area contributed by atoms with Crippen LogP contribution in [0, 0.1) is 0 Å². The van der Waals surface area contributed by atoms with E-state index in [0.717, 1.165) is 6.07 Å². The molecule has 0 aliphatic carbocycles. The molecule has 0 atom stereocenters. The topological polar surface area (TPSA) is 121 Å². The average Bonchev–Trinajstić information content (AvgIpc) is 2.38. The summed E-state index contributed by atoms with van der Waals surface area (Å²) >= 11 is 0. The van der Waals surface area contributed by atoms with E-state index in [2.05, 4.69) is 0 Å². The van der Waals surface area contributed by atoms with Crippen molar-refractivity contribution in [2.75, 3.05) is 25.4 Å². The van der Waals surface area contributed by atoms with Crippen LogP contribution in [-0.4, -0.2) is 48.6 Å². The number of benzene rings is 1. The maximum Gasteiger partial charge on any atom is 0.335 e. The van der Waals surface area contributed by atoms with Crippen LogP contribution in [0.1, 0.15) is 23.7 Å². The number of sulfonamides is 1. The first-order chi connectivity index (χ1) is 9.34. The van der Waals surface area contributed by atoms with E-state index in [0.29, 0.717) is 6.42 Å². The molecule has 7 nitrogen and oxygen atoms in total. The molecule has 0 aliphatic rings. The number of anilines is 1. The lowest BCUT2D eigenvalue weighted by molar-refractivity contribution is 0.0697. The molecular formula is C12H18N2O5S. The lowest BCUT2D eigenvalue weighted by Gasteiger charge is -2.21. The predicted molar refractivity (Wildman–Crippen MR) is 73.9 cm³/mol. The highest BCUT2D eigenvalue weighted by Crippen LogP contribution is 2.23. The smallest absolute Gasteiger partial charge is 0.335 e. The molecule has 0 fully saturated rings. The van der Waals surface area contributed by atoms with Gasteiger partial charge in [0.05, 0.1) is 11.3 Å². The summed E-state index contributed by atoms with van der Waals surface area (Å²) < 4.78 is 26.0. The summed E-state index contributed by atoms with van der Waals surface area (Å²) in [5, 5.41) is 17.6. The lowest BCUT2D eigenvalue weighted by atomic mass is 10.2. The van der Waals surface area contributed by atoms with Gasteiger partial charge in [0, 0.05) is 19.7 Å². The summed E-state index contributed by atoms with van der Waals surface area (Å²) in [5.41, 5.74) is 5.47. The van der Waals surface area contributed by atoms with Gasteiger partial charge in [0.1, 0.15) is 4.90 Å². The number of nitrogen functional groups attached to an aromatic ring is 1. The van der Waals surface area contributed by atoms with Gasteiger partial charge in [0.2, 0.25) is 10.0 Å². The Morgan fingerprint density at radius 2 is 2.05 bits per heavy atom. The van der Waals surface area contributed by atoms with Crippen LogP contribution >= 0.6 is 0 Å². The standard InChI is InChI=1S/C12H18N2O5S/c1-2-14(6-3-7-15)20(18,19)11-5-4-9(12(16)17)8-10(11)13/h4-5,8,15H,2-3,6-7,13H2,1H3,(H,16,17). The summed E-state index contributed by atoms with van der Waals surface area (Å²) in [6.45, 7) is 1.98. The quantitative estimate of drug-likeness (QED) is 0.625. The van der Waals surface area contributed by atoms with Gasteiger partial charge in [0.25, 0.3) is 0 Å².